The number of halogens is 3. The maximum atomic E-state index is 13.1. The Balaban J connectivity index is 1.77. The van der Waals surface area contributed by atoms with Crippen LogP contribution in [0.1, 0.15) is 52.3 Å². The highest BCUT2D eigenvalue weighted by Crippen LogP contribution is 2.34. The summed E-state index contributed by atoms with van der Waals surface area (Å²) in [5.74, 6) is -2.55. The number of anilines is 1. The van der Waals surface area contributed by atoms with Gasteiger partial charge in [0.2, 0.25) is 0 Å². The van der Waals surface area contributed by atoms with Gasteiger partial charge in [0, 0.05) is 30.8 Å². The summed E-state index contributed by atoms with van der Waals surface area (Å²) in [6.07, 6.45) is -1.61. The van der Waals surface area contributed by atoms with E-state index in [2.05, 4.69) is 15.7 Å². The van der Waals surface area contributed by atoms with E-state index in [1.54, 1.807) is 16.3 Å². The quantitative estimate of drug-likeness (QED) is 0.401. The zero-order valence-corrected chi connectivity index (χ0v) is 16.6. The first-order valence-corrected chi connectivity index (χ1v) is 9.85. The molecule has 2 atom stereocenters. The molecule has 0 unspecified atom stereocenters. The summed E-state index contributed by atoms with van der Waals surface area (Å²) in [7, 11) is 0. The molecule has 160 valence electrons. The summed E-state index contributed by atoms with van der Waals surface area (Å²) in [4.78, 5) is 26.1. The van der Waals surface area contributed by atoms with E-state index in [9.17, 15) is 22.8 Å². The normalized spacial score (nSPS) is 19.8. The number of ketones is 1. The predicted molar refractivity (Wildman–Crippen MR) is 105 cm³/mol. The van der Waals surface area contributed by atoms with Gasteiger partial charge in [0.05, 0.1) is 11.8 Å². The van der Waals surface area contributed by atoms with E-state index in [0.29, 0.717) is 23.4 Å². The number of likely N-dealkylation sites (tertiary alicyclic amines) is 1. The van der Waals surface area contributed by atoms with Crippen molar-refractivity contribution in [3.63, 3.8) is 0 Å². The first-order valence-electron chi connectivity index (χ1n) is 8.97. The number of carbonyl (C=O) groups is 2. The third-order valence-corrected chi connectivity index (χ3v) is 5.59. The molecule has 2 N–H and O–H groups in total. The van der Waals surface area contributed by atoms with E-state index in [0.717, 1.165) is 12.3 Å². The number of carbonyl (C=O) groups excluding carboxylic acids is 2. The van der Waals surface area contributed by atoms with E-state index in [1.165, 1.54) is 17.6 Å². The van der Waals surface area contributed by atoms with Crippen LogP contribution >= 0.6 is 11.3 Å². The molecule has 1 aliphatic heterocycles. The number of thiophene rings is 1. The van der Waals surface area contributed by atoms with E-state index in [-0.39, 0.29) is 30.2 Å². The fourth-order valence-electron chi connectivity index (χ4n) is 3.21. The fraction of sp³-hybridized carbons (Fsp3) is 0.389. The van der Waals surface area contributed by atoms with Crippen LogP contribution in [0.4, 0.5) is 18.2 Å². The van der Waals surface area contributed by atoms with Gasteiger partial charge in [0.25, 0.3) is 11.7 Å². The average Bonchev–Trinajstić information content (AvgIpc) is 3.36. The lowest BCUT2D eigenvalue weighted by atomic mass is 9.90. The van der Waals surface area contributed by atoms with Crippen LogP contribution in [0, 0.1) is 5.41 Å². The van der Waals surface area contributed by atoms with Crippen molar-refractivity contribution in [1.82, 2.24) is 10.1 Å². The van der Waals surface area contributed by atoms with Crippen LogP contribution in [0.15, 0.2) is 27.1 Å². The minimum atomic E-state index is -5.03. The summed E-state index contributed by atoms with van der Waals surface area (Å²) in [6, 6.07) is 2.56. The maximum absolute atomic E-state index is 13.1. The molecule has 1 saturated heterocycles. The molecule has 3 rings (SSSR count). The van der Waals surface area contributed by atoms with E-state index in [4.69, 9.17) is 9.93 Å². The van der Waals surface area contributed by atoms with Crippen LogP contribution in [-0.2, 0) is 0 Å². The molecule has 0 radical (unpaired) electrons. The second-order valence-corrected chi connectivity index (χ2v) is 7.66. The highest BCUT2D eigenvalue weighted by atomic mass is 32.1. The molecule has 1 fully saturated rings. The Kier molecular flexibility index (Phi) is 6.34. The molecule has 3 heterocycles. The molecule has 1 aliphatic rings. The lowest BCUT2D eigenvalue weighted by Gasteiger charge is -2.37. The SMILES string of the molecule is C[C@@H]1CC[C@@H](c2cc(C(=O)C(F)(F)F)no2)CN1C(=O)c1ccsc1N/N=C\C=N. The van der Waals surface area contributed by atoms with Gasteiger partial charge in [0.15, 0.2) is 5.69 Å². The second-order valence-electron chi connectivity index (χ2n) is 6.74. The van der Waals surface area contributed by atoms with Crippen LogP contribution in [0.2, 0.25) is 0 Å². The number of piperidine rings is 1. The highest BCUT2D eigenvalue weighted by Gasteiger charge is 2.42. The minimum absolute atomic E-state index is 0.0919. The lowest BCUT2D eigenvalue weighted by Crippen LogP contribution is -2.44. The Bertz CT molecular complexity index is 968. The highest BCUT2D eigenvalue weighted by molar-refractivity contribution is 7.14. The van der Waals surface area contributed by atoms with Crippen LogP contribution < -0.4 is 5.43 Å². The molecule has 0 bridgehead atoms. The van der Waals surface area contributed by atoms with Crippen LogP contribution in [0.25, 0.3) is 0 Å². The van der Waals surface area contributed by atoms with Gasteiger partial charge >= 0.3 is 6.18 Å². The molecule has 2 aromatic heterocycles. The number of nitrogens with one attached hydrogen (secondary N) is 2. The van der Waals surface area contributed by atoms with Crippen LogP contribution in [0.3, 0.4) is 0 Å². The number of hydrazone groups is 1. The van der Waals surface area contributed by atoms with Crippen molar-refractivity contribution < 1.29 is 27.3 Å². The van der Waals surface area contributed by atoms with Crippen molar-refractivity contribution in [1.29, 1.82) is 5.41 Å². The van der Waals surface area contributed by atoms with Gasteiger partial charge in [-0.1, -0.05) is 5.16 Å². The van der Waals surface area contributed by atoms with Crippen molar-refractivity contribution in [3.8, 4) is 0 Å². The number of hydrogen-bond acceptors (Lipinski definition) is 8. The smallest absolute Gasteiger partial charge is 0.360 e. The monoisotopic (exact) mass is 441 g/mol. The number of alkyl halides is 3. The number of amides is 1. The van der Waals surface area contributed by atoms with Gasteiger partial charge in [-0.15, -0.1) is 11.3 Å². The molecule has 0 aromatic carbocycles. The molecular weight excluding hydrogens is 423 g/mol. The van der Waals surface area contributed by atoms with Crippen molar-refractivity contribution in [3.05, 3.63) is 34.5 Å². The number of nitrogens with zero attached hydrogens (tertiary/aromatic N) is 3. The van der Waals surface area contributed by atoms with E-state index < -0.39 is 17.7 Å². The average molecular weight is 441 g/mol. The number of rotatable bonds is 6. The third kappa shape index (κ3) is 4.58. The molecule has 0 spiro atoms. The first kappa shape index (κ1) is 21.7. The van der Waals surface area contributed by atoms with Gasteiger partial charge in [-0.3, -0.25) is 15.0 Å². The molecule has 2 aromatic rings. The summed E-state index contributed by atoms with van der Waals surface area (Å²) in [6.45, 7) is 2.10. The Morgan fingerprint density at radius 3 is 2.90 bits per heavy atom. The predicted octanol–water partition coefficient (Wildman–Crippen LogP) is 3.94. The van der Waals surface area contributed by atoms with Crippen molar-refractivity contribution >= 4 is 40.5 Å². The van der Waals surface area contributed by atoms with Crippen LogP contribution in [0.5, 0.6) is 0 Å². The lowest BCUT2D eigenvalue weighted by molar-refractivity contribution is -0.0890. The third-order valence-electron chi connectivity index (χ3n) is 4.77. The Morgan fingerprint density at radius 1 is 1.43 bits per heavy atom. The summed E-state index contributed by atoms with van der Waals surface area (Å²) in [5.41, 5.74) is 2.33. The topological polar surface area (TPSA) is 112 Å². The first-order chi connectivity index (χ1) is 14.2. The largest absolute Gasteiger partial charge is 0.456 e. The molecule has 0 saturated carbocycles. The summed E-state index contributed by atoms with van der Waals surface area (Å²) >= 11 is 1.28. The minimum Gasteiger partial charge on any atom is -0.360 e. The van der Waals surface area contributed by atoms with Gasteiger partial charge in [-0.25, -0.2) is 0 Å². The number of Topliss-reactive ketones (excluding diaryl/α,β-unsaturated/α-hetero) is 1. The number of hydrogen-bond donors (Lipinski definition) is 2. The molecule has 12 heteroatoms. The fourth-order valence-corrected chi connectivity index (χ4v) is 3.94. The zero-order valence-electron chi connectivity index (χ0n) is 15.8. The van der Waals surface area contributed by atoms with Crippen molar-refractivity contribution in [2.45, 2.75) is 37.9 Å². The molecule has 1 amide bonds. The van der Waals surface area contributed by atoms with E-state index >= 15 is 0 Å². The van der Waals surface area contributed by atoms with E-state index in [1.807, 2.05) is 6.92 Å². The molecule has 8 nitrogen and oxygen atoms in total. The Morgan fingerprint density at radius 2 is 2.20 bits per heavy atom. The van der Waals surface area contributed by atoms with Crippen LogP contribution in [-0.4, -0.2) is 52.9 Å². The van der Waals surface area contributed by atoms with Gasteiger partial charge in [-0.05, 0) is 31.2 Å². The van der Waals surface area contributed by atoms with Crippen molar-refractivity contribution in [2.24, 2.45) is 5.10 Å². The van der Waals surface area contributed by atoms with Gasteiger partial charge < -0.3 is 14.8 Å². The standard InChI is InChI=1S/C18H18F3N5O3S/c1-10-2-3-11(14-8-13(25-29-14)15(27)18(19,20)21)9-26(10)17(28)12-4-7-30-16(12)24-23-6-5-22/h4-8,10-11,22,24H,2-3,9H2,1H3/b22-5?,23-6-/t10-,11-/m1/s1. The maximum Gasteiger partial charge on any atom is 0.456 e. The molecule has 30 heavy (non-hydrogen) atoms. The number of aromatic nitrogens is 1. The zero-order chi connectivity index (χ0) is 21.9. The Labute approximate surface area is 173 Å². The summed E-state index contributed by atoms with van der Waals surface area (Å²) in [5, 5.41) is 16.3. The molecular formula is C18H18F3N5O3S. The van der Waals surface area contributed by atoms with Gasteiger partial charge in [-0.2, -0.15) is 18.3 Å². The second kappa shape index (κ2) is 8.78. The van der Waals surface area contributed by atoms with Gasteiger partial charge in [0.1, 0.15) is 10.8 Å². The van der Waals surface area contributed by atoms with Crippen molar-refractivity contribution in [2.75, 3.05) is 12.0 Å². The summed E-state index contributed by atoms with van der Waals surface area (Å²) < 4.78 is 42.8. The Hall–Kier alpha value is -3.02. The molecule has 0 aliphatic carbocycles.